The van der Waals surface area contributed by atoms with Crippen LogP contribution in [0.1, 0.15) is 45.4 Å². The summed E-state index contributed by atoms with van der Waals surface area (Å²) < 4.78 is 45.4. The summed E-state index contributed by atoms with van der Waals surface area (Å²) >= 11 is 5.94. The van der Waals surface area contributed by atoms with E-state index in [2.05, 4.69) is 10.3 Å². The van der Waals surface area contributed by atoms with Gasteiger partial charge in [-0.3, -0.25) is 9.20 Å². The maximum atomic E-state index is 13.1. The molecule has 0 unspecified atom stereocenters. The molecule has 6 nitrogen and oxygen atoms in total. The molecule has 0 atom stereocenters. The Kier molecular flexibility index (Phi) is 6.02. The van der Waals surface area contributed by atoms with Crippen LogP contribution in [0.25, 0.3) is 5.65 Å². The molecule has 158 valence electrons. The minimum absolute atomic E-state index is 0.0429. The van der Waals surface area contributed by atoms with Gasteiger partial charge in [-0.2, -0.15) is 13.2 Å². The monoisotopic (exact) mass is 439 g/mol. The Morgan fingerprint density at radius 3 is 2.50 bits per heavy atom. The third-order valence-corrected chi connectivity index (χ3v) is 4.49. The summed E-state index contributed by atoms with van der Waals surface area (Å²) in [4.78, 5) is 28.7. The molecular formula is C20H17ClF3N3O3. The van der Waals surface area contributed by atoms with Crippen molar-refractivity contribution in [3.63, 3.8) is 0 Å². The van der Waals surface area contributed by atoms with E-state index in [1.807, 2.05) is 6.92 Å². The SMILES string of the molecule is CCCOC(=O)c1ccc(NC(=O)c2c(C)nc3c(Cl)cc(C(F)(F)F)cn23)cc1. The number of benzene rings is 1. The number of ether oxygens (including phenoxy) is 1. The predicted molar refractivity (Wildman–Crippen MR) is 105 cm³/mol. The number of nitrogens with zero attached hydrogens (tertiary/aromatic N) is 2. The molecule has 2 aromatic heterocycles. The number of amides is 1. The van der Waals surface area contributed by atoms with Gasteiger partial charge in [0, 0.05) is 11.9 Å². The van der Waals surface area contributed by atoms with Crippen molar-refractivity contribution < 1.29 is 27.5 Å². The number of pyridine rings is 1. The maximum absolute atomic E-state index is 13.1. The Morgan fingerprint density at radius 1 is 1.23 bits per heavy atom. The number of esters is 1. The molecule has 1 aromatic carbocycles. The molecule has 3 aromatic rings. The van der Waals surface area contributed by atoms with Gasteiger partial charge in [0.2, 0.25) is 0 Å². The lowest BCUT2D eigenvalue weighted by Gasteiger charge is -2.10. The summed E-state index contributed by atoms with van der Waals surface area (Å²) in [6.07, 6.45) is -3.16. The first kappa shape index (κ1) is 21.6. The van der Waals surface area contributed by atoms with Crippen LogP contribution < -0.4 is 5.32 Å². The highest BCUT2D eigenvalue weighted by atomic mass is 35.5. The first-order chi connectivity index (χ1) is 14.1. The van der Waals surface area contributed by atoms with Gasteiger partial charge < -0.3 is 10.1 Å². The van der Waals surface area contributed by atoms with Crippen molar-refractivity contribution >= 4 is 34.8 Å². The van der Waals surface area contributed by atoms with Gasteiger partial charge in [0.15, 0.2) is 5.65 Å². The Labute approximate surface area is 174 Å². The number of hydrogen-bond donors (Lipinski definition) is 1. The number of fused-ring (bicyclic) bond motifs is 1. The van der Waals surface area contributed by atoms with E-state index in [9.17, 15) is 22.8 Å². The van der Waals surface area contributed by atoms with Crippen molar-refractivity contribution in [2.75, 3.05) is 11.9 Å². The fraction of sp³-hybridized carbons (Fsp3) is 0.250. The molecule has 10 heteroatoms. The van der Waals surface area contributed by atoms with Crippen LogP contribution >= 0.6 is 11.6 Å². The largest absolute Gasteiger partial charge is 0.462 e. The van der Waals surface area contributed by atoms with Crippen LogP contribution in [0.5, 0.6) is 0 Å². The lowest BCUT2D eigenvalue weighted by molar-refractivity contribution is -0.137. The summed E-state index contributed by atoms with van der Waals surface area (Å²) in [5.74, 6) is -1.15. The number of alkyl halides is 3. The zero-order valence-corrected chi connectivity index (χ0v) is 16.8. The maximum Gasteiger partial charge on any atom is 0.417 e. The van der Waals surface area contributed by atoms with Gasteiger partial charge in [-0.25, -0.2) is 9.78 Å². The van der Waals surface area contributed by atoms with Crippen LogP contribution in [0.15, 0.2) is 36.5 Å². The van der Waals surface area contributed by atoms with E-state index in [4.69, 9.17) is 16.3 Å². The number of rotatable bonds is 5. The molecule has 0 aliphatic carbocycles. The highest BCUT2D eigenvalue weighted by Crippen LogP contribution is 2.33. The van der Waals surface area contributed by atoms with Crippen LogP contribution in [0, 0.1) is 6.92 Å². The average molecular weight is 440 g/mol. The van der Waals surface area contributed by atoms with E-state index < -0.39 is 23.6 Å². The fourth-order valence-corrected chi connectivity index (χ4v) is 3.06. The van der Waals surface area contributed by atoms with Gasteiger partial charge >= 0.3 is 12.1 Å². The van der Waals surface area contributed by atoms with E-state index >= 15 is 0 Å². The number of imidazole rings is 1. The van der Waals surface area contributed by atoms with Gasteiger partial charge in [-0.15, -0.1) is 0 Å². The number of aromatic nitrogens is 2. The van der Waals surface area contributed by atoms with Crippen molar-refractivity contribution in [1.82, 2.24) is 9.38 Å². The summed E-state index contributed by atoms with van der Waals surface area (Å²) in [7, 11) is 0. The molecule has 0 aliphatic heterocycles. The van der Waals surface area contributed by atoms with Crippen molar-refractivity contribution in [2.24, 2.45) is 0 Å². The first-order valence-electron chi connectivity index (χ1n) is 8.95. The number of hydrogen-bond acceptors (Lipinski definition) is 4. The highest BCUT2D eigenvalue weighted by molar-refractivity contribution is 6.33. The quantitative estimate of drug-likeness (QED) is 0.559. The molecule has 3 rings (SSSR count). The average Bonchev–Trinajstić information content (AvgIpc) is 3.02. The summed E-state index contributed by atoms with van der Waals surface area (Å²) in [5.41, 5.74) is -0.158. The second-order valence-corrected chi connectivity index (χ2v) is 6.89. The topological polar surface area (TPSA) is 72.7 Å². The fourth-order valence-electron chi connectivity index (χ4n) is 2.80. The number of carbonyl (C=O) groups excluding carboxylic acids is 2. The zero-order chi connectivity index (χ0) is 22.1. The van der Waals surface area contributed by atoms with Gasteiger partial charge in [0.05, 0.1) is 28.5 Å². The number of aryl methyl sites for hydroxylation is 1. The Balaban J connectivity index is 1.89. The van der Waals surface area contributed by atoms with Crippen LogP contribution in [0.3, 0.4) is 0 Å². The molecular weight excluding hydrogens is 423 g/mol. The molecule has 0 aliphatic rings. The van der Waals surface area contributed by atoms with Crippen molar-refractivity contribution in [2.45, 2.75) is 26.4 Å². The van der Waals surface area contributed by atoms with E-state index in [1.165, 1.54) is 31.2 Å². The Bertz CT molecular complexity index is 1110. The van der Waals surface area contributed by atoms with Crippen molar-refractivity contribution in [3.05, 3.63) is 64.1 Å². The molecule has 0 bridgehead atoms. The van der Waals surface area contributed by atoms with Crippen LogP contribution in [-0.4, -0.2) is 27.9 Å². The smallest absolute Gasteiger partial charge is 0.417 e. The summed E-state index contributed by atoms with van der Waals surface area (Å²) in [5, 5.41) is 2.37. The minimum Gasteiger partial charge on any atom is -0.462 e. The standard InChI is InChI=1S/C20H17ClF3N3O3/c1-3-8-30-19(29)12-4-6-14(7-5-12)26-18(28)16-11(2)25-17-15(21)9-13(10-27(16)17)20(22,23)24/h4-7,9-10H,3,8H2,1-2H3,(H,26,28). The number of anilines is 1. The highest BCUT2D eigenvalue weighted by Gasteiger charge is 2.33. The van der Waals surface area contributed by atoms with E-state index in [0.29, 0.717) is 24.3 Å². The minimum atomic E-state index is -4.63. The molecule has 30 heavy (non-hydrogen) atoms. The van der Waals surface area contributed by atoms with Crippen LogP contribution in [0.4, 0.5) is 18.9 Å². The van der Waals surface area contributed by atoms with Crippen LogP contribution in [-0.2, 0) is 10.9 Å². The van der Waals surface area contributed by atoms with E-state index in [-0.39, 0.29) is 22.1 Å². The van der Waals surface area contributed by atoms with E-state index in [1.54, 1.807) is 0 Å². The first-order valence-corrected chi connectivity index (χ1v) is 9.33. The zero-order valence-electron chi connectivity index (χ0n) is 16.0. The second-order valence-electron chi connectivity index (χ2n) is 6.48. The molecule has 0 fully saturated rings. The van der Waals surface area contributed by atoms with Crippen molar-refractivity contribution in [1.29, 1.82) is 0 Å². The van der Waals surface area contributed by atoms with Gasteiger partial charge in [-0.1, -0.05) is 18.5 Å². The third kappa shape index (κ3) is 4.40. The lowest BCUT2D eigenvalue weighted by Crippen LogP contribution is -2.16. The van der Waals surface area contributed by atoms with Crippen molar-refractivity contribution in [3.8, 4) is 0 Å². The molecule has 1 amide bonds. The Morgan fingerprint density at radius 2 is 1.90 bits per heavy atom. The molecule has 0 saturated heterocycles. The molecule has 1 N–H and O–H groups in total. The summed E-state index contributed by atoms with van der Waals surface area (Å²) in [6, 6.07) is 6.71. The molecule has 2 heterocycles. The molecule has 0 spiro atoms. The second kappa shape index (κ2) is 8.35. The van der Waals surface area contributed by atoms with Crippen LogP contribution in [0.2, 0.25) is 5.02 Å². The molecule has 0 saturated carbocycles. The Hall–Kier alpha value is -3.07. The summed E-state index contributed by atoms with van der Waals surface area (Å²) in [6.45, 7) is 3.67. The normalized spacial score (nSPS) is 11.5. The number of nitrogens with one attached hydrogen (secondary N) is 1. The molecule has 0 radical (unpaired) electrons. The van der Waals surface area contributed by atoms with Gasteiger partial charge in [0.25, 0.3) is 5.91 Å². The number of carbonyl (C=O) groups is 2. The predicted octanol–water partition coefficient (Wildman–Crippen LogP) is 5.13. The van der Waals surface area contributed by atoms with Gasteiger partial charge in [0.1, 0.15) is 5.69 Å². The number of halogens is 4. The third-order valence-electron chi connectivity index (χ3n) is 4.21. The van der Waals surface area contributed by atoms with Gasteiger partial charge in [-0.05, 0) is 43.7 Å². The lowest BCUT2D eigenvalue weighted by atomic mass is 10.2. The van der Waals surface area contributed by atoms with E-state index in [0.717, 1.165) is 16.7 Å².